The smallest absolute Gasteiger partial charge is 0.250 e. The van der Waals surface area contributed by atoms with E-state index in [0.29, 0.717) is 24.9 Å². The zero-order valence-corrected chi connectivity index (χ0v) is 11.0. The van der Waals surface area contributed by atoms with Crippen molar-refractivity contribution in [3.63, 3.8) is 0 Å². The number of nitrogens with zero attached hydrogens (tertiary/aromatic N) is 1. The summed E-state index contributed by atoms with van der Waals surface area (Å²) in [4.78, 5) is 36.1. The first kappa shape index (κ1) is 14.0. The Hall–Kier alpha value is -2.37. The average Bonchev–Trinajstić information content (AvgIpc) is 2.94. The Bertz CT molecular complexity index is 504. The molecule has 0 spiro atoms. The van der Waals surface area contributed by atoms with E-state index >= 15 is 0 Å². The Morgan fingerprint density at radius 2 is 2.05 bits per heavy atom. The monoisotopic (exact) mass is 275 g/mol. The standard InChI is InChI=1S/C14H17N3O3/c15-13(19)11-7-4-8-17(11)14(20)12(16-9-18)10-5-2-1-3-6-10/h1-3,5-6,9,11-12H,4,7-8H2,(H2,15,19)(H,16,18)/t11-,12?/m0/s1. The second-order valence-corrected chi connectivity index (χ2v) is 4.72. The highest BCUT2D eigenvalue weighted by Crippen LogP contribution is 2.23. The Morgan fingerprint density at radius 1 is 1.35 bits per heavy atom. The van der Waals surface area contributed by atoms with Crippen LogP contribution in [0.5, 0.6) is 0 Å². The van der Waals surface area contributed by atoms with Crippen LogP contribution in [0.1, 0.15) is 24.4 Å². The van der Waals surface area contributed by atoms with E-state index in [4.69, 9.17) is 5.73 Å². The molecular weight excluding hydrogens is 258 g/mol. The lowest BCUT2D eigenvalue weighted by Crippen LogP contribution is -2.48. The minimum atomic E-state index is -0.784. The summed E-state index contributed by atoms with van der Waals surface area (Å²) in [5.74, 6) is -0.807. The molecule has 1 saturated heterocycles. The van der Waals surface area contributed by atoms with E-state index in [1.807, 2.05) is 6.07 Å². The van der Waals surface area contributed by atoms with Crippen molar-refractivity contribution in [2.24, 2.45) is 5.73 Å². The summed E-state index contributed by atoms with van der Waals surface area (Å²) in [7, 11) is 0. The number of likely N-dealkylation sites (tertiary alicyclic amines) is 1. The van der Waals surface area contributed by atoms with Crippen LogP contribution >= 0.6 is 0 Å². The van der Waals surface area contributed by atoms with Gasteiger partial charge in [-0.25, -0.2) is 0 Å². The summed E-state index contributed by atoms with van der Waals surface area (Å²) in [6.07, 6.45) is 1.80. The van der Waals surface area contributed by atoms with Crippen LogP contribution < -0.4 is 11.1 Å². The SMILES string of the molecule is NC(=O)[C@@H]1CCCN1C(=O)C(NC=O)c1ccccc1. The molecule has 1 aromatic rings. The molecule has 2 atom stereocenters. The van der Waals surface area contributed by atoms with Gasteiger partial charge in [0, 0.05) is 6.54 Å². The maximum atomic E-state index is 12.5. The van der Waals surface area contributed by atoms with Crippen molar-refractivity contribution in [1.82, 2.24) is 10.2 Å². The highest BCUT2D eigenvalue weighted by Gasteiger charge is 2.36. The molecule has 2 rings (SSSR count). The van der Waals surface area contributed by atoms with E-state index in [1.165, 1.54) is 4.90 Å². The highest BCUT2D eigenvalue weighted by molar-refractivity contribution is 5.91. The third kappa shape index (κ3) is 2.79. The van der Waals surface area contributed by atoms with Crippen LogP contribution in [0.3, 0.4) is 0 Å². The second-order valence-electron chi connectivity index (χ2n) is 4.72. The van der Waals surface area contributed by atoms with Crippen molar-refractivity contribution in [3.8, 4) is 0 Å². The van der Waals surface area contributed by atoms with Crippen molar-refractivity contribution >= 4 is 18.2 Å². The number of hydrogen-bond acceptors (Lipinski definition) is 3. The number of nitrogens with two attached hydrogens (primary N) is 1. The number of carbonyl (C=O) groups is 3. The van der Waals surface area contributed by atoms with E-state index in [2.05, 4.69) is 5.32 Å². The molecule has 0 aromatic heterocycles. The van der Waals surface area contributed by atoms with Gasteiger partial charge in [-0.1, -0.05) is 30.3 Å². The molecule has 1 unspecified atom stereocenters. The van der Waals surface area contributed by atoms with Crippen LogP contribution in [-0.2, 0) is 14.4 Å². The topological polar surface area (TPSA) is 92.5 Å². The summed E-state index contributed by atoms with van der Waals surface area (Å²) >= 11 is 0. The van der Waals surface area contributed by atoms with Crippen molar-refractivity contribution in [2.45, 2.75) is 24.9 Å². The molecule has 106 valence electrons. The summed E-state index contributed by atoms with van der Waals surface area (Å²) in [5.41, 5.74) is 6.00. The van der Waals surface area contributed by atoms with Gasteiger partial charge in [0.05, 0.1) is 0 Å². The fraction of sp³-hybridized carbons (Fsp3) is 0.357. The first-order valence-electron chi connectivity index (χ1n) is 6.49. The Morgan fingerprint density at radius 3 is 2.65 bits per heavy atom. The molecule has 1 aliphatic rings. The first-order valence-corrected chi connectivity index (χ1v) is 6.49. The molecule has 0 radical (unpaired) electrons. The van der Waals surface area contributed by atoms with Crippen LogP contribution in [-0.4, -0.2) is 35.7 Å². The van der Waals surface area contributed by atoms with Gasteiger partial charge in [-0.05, 0) is 18.4 Å². The second kappa shape index (κ2) is 6.18. The van der Waals surface area contributed by atoms with E-state index in [1.54, 1.807) is 24.3 Å². The van der Waals surface area contributed by atoms with Crippen LogP contribution in [0, 0.1) is 0 Å². The minimum Gasteiger partial charge on any atom is -0.368 e. The molecule has 1 aliphatic heterocycles. The van der Waals surface area contributed by atoms with Gasteiger partial charge in [-0.3, -0.25) is 14.4 Å². The largest absolute Gasteiger partial charge is 0.368 e. The van der Waals surface area contributed by atoms with E-state index in [-0.39, 0.29) is 5.91 Å². The van der Waals surface area contributed by atoms with Crippen LogP contribution in [0.2, 0.25) is 0 Å². The molecule has 3 amide bonds. The van der Waals surface area contributed by atoms with Crippen LogP contribution in [0.15, 0.2) is 30.3 Å². The van der Waals surface area contributed by atoms with Gasteiger partial charge < -0.3 is 16.0 Å². The van der Waals surface area contributed by atoms with Crippen LogP contribution in [0.25, 0.3) is 0 Å². The average molecular weight is 275 g/mol. The first-order chi connectivity index (χ1) is 9.65. The molecule has 1 heterocycles. The van der Waals surface area contributed by atoms with Crippen molar-refractivity contribution < 1.29 is 14.4 Å². The summed E-state index contributed by atoms with van der Waals surface area (Å²) in [5, 5.41) is 2.51. The Balaban J connectivity index is 2.23. The lowest BCUT2D eigenvalue weighted by Gasteiger charge is -2.27. The van der Waals surface area contributed by atoms with Gasteiger partial charge >= 0.3 is 0 Å². The molecule has 1 aromatic carbocycles. The third-order valence-corrected chi connectivity index (χ3v) is 3.48. The van der Waals surface area contributed by atoms with Crippen molar-refractivity contribution in [3.05, 3.63) is 35.9 Å². The van der Waals surface area contributed by atoms with Crippen molar-refractivity contribution in [2.75, 3.05) is 6.54 Å². The molecule has 0 saturated carbocycles. The molecule has 1 fully saturated rings. The normalized spacial score (nSPS) is 19.4. The number of rotatable bonds is 5. The maximum Gasteiger partial charge on any atom is 0.250 e. The van der Waals surface area contributed by atoms with Gasteiger partial charge in [-0.2, -0.15) is 0 Å². The van der Waals surface area contributed by atoms with Gasteiger partial charge in [0.1, 0.15) is 12.1 Å². The lowest BCUT2D eigenvalue weighted by molar-refractivity contribution is -0.139. The van der Waals surface area contributed by atoms with Gasteiger partial charge in [0.2, 0.25) is 18.2 Å². The van der Waals surface area contributed by atoms with Gasteiger partial charge in [0.25, 0.3) is 0 Å². The Kier molecular flexibility index (Phi) is 4.34. The van der Waals surface area contributed by atoms with E-state index < -0.39 is 18.0 Å². The number of amides is 3. The molecule has 6 nitrogen and oxygen atoms in total. The Labute approximate surface area is 116 Å². The number of carbonyl (C=O) groups excluding carboxylic acids is 3. The zero-order chi connectivity index (χ0) is 14.5. The minimum absolute atomic E-state index is 0.301. The fourth-order valence-corrected chi connectivity index (χ4v) is 2.52. The maximum absolute atomic E-state index is 12.5. The quantitative estimate of drug-likeness (QED) is 0.738. The third-order valence-electron chi connectivity index (χ3n) is 3.48. The summed E-state index contributed by atoms with van der Waals surface area (Å²) in [6.45, 7) is 0.482. The number of benzene rings is 1. The molecule has 20 heavy (non-hydrogen) atoms. The summed E-state index contributed by atoms with van der Waals surface area (Å²) < 4.78 is 0. The van der Waals surface area contributed by atoms with Gasteiger partial charge in [0.15, 0.2) is 0 Å². The van der Waals surface area contributed by atoms with Gasteiger partial charge in [-0.15, -0.1) is 0 Å². The van der Waals surface area contributed by atoms with Crippen LogP contribution in [0.4, 0.5) is 0 Å². The number of nitrogens with one attached hydrogen (secondary N) is 1. The molecule has 0 aliphatic carbocycles. The highest BCUT2D eigenvalue weighted by atomic mass is 16.2. The molecule has 6 heteroatoms. The molecule has 0 bridgehead atoms. The lowest BCUT2D eigenvalue weighted by atomic mass is 10.1. The summed E-state index contributed by atoms with van der Waals surface area (Å²) in [6, 6.07) is 7.56. The zero-order valence-electron chi connectivity index (χ0n) is 11.0. The fourth-order valence-electron chi connectivity index (χ4n) is 2.52. The van der Waals surface area contributed by atoms with E-state index in [9.17, 15) is 14.4 Å². The van der Waals surface area contributed by atoms with Crippen molar-refractivity contribution in [1.29, 1.82) is 0 Å². The number of primary amides is 1. The molecule has 3 N–H and O–H groups in total. The predicted octanol–water partition coefficient (Wildman–Crippen LogP) is -0.0500. The number of hydrogen-bond donors (Lipinski definition) is 2. The molecular formula is C14H17N3O3. The van der Waals surface area contributed by atoms with E-state index in [0.717, 1.165) is 6.42 Å². The predicted molar refractivity (Wildman–Crippen MR) is 72.3 cm³/mol.